The molecule has 0 unspecified atom stereocenters. The Kier molecular flexibility index (Phi) is 17.1. The van der Waals surface area contributed by atoms with Gasteiger partial charge in [0, 0.05) is 23.2 Å². The summed E-state index contributed by atoms with van der Waals surface area (Å²) in [6.07, 6.45) is 0. The van der Waals surface area contributed by atoms with Crippen LogP contribution in [0.15, 0.2) is 155 Å². The first kappa shape index (κ1) is 53.8. The molecule has 0 saturated carbocycles. The molecule has 0 aliphatic rings. The van der Waals surface area contributed by atoms with E-state index in [9.17, 15) is 59.2 Å². The third kappa shape index (κ3) is 11.6. The molecule has 0 amide bonds. The summed E-state index contributed by atoms with van der Waals surface area (Å²) in [7, 11) is -16.0. The number of azo groups is 3. The van der Waals surface area contributed by atoms with Gasteiger partial charge < -0.3 is 35.3 Å². The predicted molar refractivity (Wildman–Crippen MR) is 221 cm³/mol. The van der Waals surface area contributed by atoms with Crippen molar-refractivity contribution in [3.63, 3.8) is 0 Å². The van der Waals surface area contributed by atoms with Crippen molar-refractivity contribution >= 4 is 103 Å². The minimum Gasteiger partial charge on any atom is -0.744 e. The summed E-state index contributed by atoms with van der Waals surface area (Å²) in [5.74, 6) is -1.68. The SMILES string of the molecule is Nc1ccc2cc(S(=O)(=O)[O-])c(N=Nc3ccc(-c4ccc(N=Nc5c(S(=O)(=O)[O-])cc6cc(S(=O)(=O)[O-])c(N=Nc7cccc([N+](=O)[O-])c7)c(N)c6c5O)cc4)cc3)c(O)c2c1.[Na+].[Na+].[Na+]. The Hall–Kier alpha value is -4.81. The van der Waals surface area contributed by atoms with Crippen molar-refractivity contribution in [2.24, 2.45) is 30.7 Å². The number of nitro benzene ring substituents is 1. The fourth-order valence-corrected chi connectivity index (χ4v) is 8.12. The smallest absolute Gasteiger partial charge is 0.744 e. The molecule has 0 atom stereocenters. The Morgan fingerprint density at radius 3 is 1.42 bits per heavy atom. The van der Waals surface area contributed by atoms with Crippen LogP contribution in [0.2, 0.25) is 0 Å². The van der Waals surface area contributed by atoms with Crippen LogP contribution in [0.3, 0.4) is 0 Å². The number of nitrogen functional groups attached to an aromatic ring is 2. The fraction of sp³-hybridized carbons (Fsp3) is 0. The van der Waals surface area contributed by atoms with Gasteiger partial charge in [-0.2, -0.15) is 15.3 Å². The summed E-state index contributed by atoms with van der Waals surface area (Å²) in [5, 5.41) is 55.7. The standard InChI is InChI=1S/C38H27N9O13S3.3Na/c39-23-9-4-21-14-30(62(55,56)57)35(37(48)28(21)17-23)45-41-24-10-5-19(6-11-24)20-7-12-25(13-8-20)42-46-36-31(63(58,59)60)16-22-15-29(61(52,53)54)34(33(40)32(22)38(36)49)44-43-26-2-1-3-27(18-26)47(50)51;;;/h1-18,48-49H,39-40H2,(H,52,53,54)(H,55,56,57)(H,58,59,60);;;/q;3*+1/p-3. The molecular weight excluding hydrogens is 956 g/mol. The molecule has 28 heteroatoms. The van der Waals surface area contributed by atoms with Crippen LogP contribution in [0.25, 0.3) is 32.7 Å². The molecular formula is C38H24N9Na3O13S3. The van der Waals surface area contributed by atoms with Gasteiger partial charge in [-0.05, 0) is 82.6 Å². The zero-order valence-electron chi connectivity index (χ0n) is 34.3. The van der Waals surface area contributed by atoms with Crippen LogP contribution in [-0.4, -0.2) is 54.0 Å². The number of non-ortho nitro benzene ring substituents is 1. The Labute approximate surface area is 439 Å². The number of benzene rings is 7. The van der Waals surface area contributed by atoms with Crippen LogP contribution in [-0.2, 0) is 30.4 Å². The number of anilines is 2. The van der Waals surface area contributed by atoms with E-state index in [0.29, 0.717) is 23.3 Å². The van der Waals surface area contributed by atoms with Gasteiger partial charge in [-0.25, -0.2) is 25.3 Å². The van der Waals surface area contributed by atoms with Crippen molar-refractivity contribution in [1.29, 1.82) is 0 Å². The summed E-state index contributed by atoms with van der Waals surface area (Å²) in [6.45, 7) is 0. The second-order valence-corrected chi connectivity index (χ2v) is 17.2. The minimum atomic E-state index is -5.47. The molecule has 0 spiro atoms. The first-order valence-corrected chi connectivity index (χ1v) is 21.6. The van der Waals surface area contributed by atoms with Crippen molar-refractivity contribution < 1.29 is 143 Å². The zero-order chi connectivity index (χ0) is 45.6. The third-order valence-corrected chi connectivity index (χ3v) is 11.7. The quantitative estimate of drug-likeness (QED) is 0.0305. The molecule has 0 fully saturated rings. The number of phenolic OH excluding ortho intramolecular Hbond substituents is 2. The van der Waals surface area contributed by atoms with E-state index >= 15 is 0 Å². The number of hydrogen-bond acceptors (Lipinski definition) is 21. The van der Waals surface area contributed by atoms with E-state index in [-0.39, 0.29) is 122 Å². The second kappa shape index (κ2) is 21.0. The Morgan fingerprint density at radius 1 is 0.500 bits per heavy atom. The fourth-order valence-electron chi connectivity index (χ4n) is 6.17. The normalized spacial score (nSPS) is 12.0. The molecule has 66 heavy (non-hydrogen) atoms. The van der Waals surface area contributed by atoms with Gasteiger partial charge in [0.25, 0.3) is 5.69 Å². The van der Waals surface area contributed by atoms with E-state index in [1.807, 2.05) is 0 Å². The number of aromatic hydroxyl groups is 2. The van der Waals surface area contributed by atoms with Crippen molar-refractivity contribution in [1.82, 2.24) is 0 Å². The summed E-state index contributed by atoms with van der Waals surface area (Å²) in [4.78, 5) is 7.38. The molecule has 7 rings (SSSR count). The van der Waals surface area contributed by atoms with Crippen LogP contribution in [0.4, 0.5) is 51.2 Å². The minimum absolute atomic E-state index is 0. The zero-order valence-corrected chi connectivity index (χ0v) is 42.7. The topological polar surface area (TPSA) is 381 Å². The molecule has 6 N–H and O–H groups in total. The number of phenols is 2. The monoisotopic (exact) mass is 979 g/mol. The summed E-state index contributed by atoms with van der Waals surface area (Å²) in [5.41, 5.74) is 10.2. The summed E-state index contributed by atoms with van der Waals surface area (Å²) < 4.78 is 110. The maximum Gasteiger partial charge on any atom is 1.00 e. The average molecular weight is 980 g/mol. The number of nitrogens with two attached hydrogens (primary N) is 2. The summed E-state index contributed by atoms with van der Waals surface area (Å²) >= 11 is 0. The van der Waals surface area contributed by atoms with Gasteiger partial charge >= 0.3 is 88.7 Å². The maximum absolute atomic E-state index is 12.4. The van der Waals surface area contributed by atoms with E-state index in [4.69, 9.17) is 11.5 Å². The number of rotatable bonds is 11. The summed E-state index contributed by atoms with van der Waals surface area (Å²) in [6, 6.07) is 23.5. The maximum atomic E-state index is 12.4. The number of nitro groups is 1. The molecule has 0 saturated heterocycles. The molecule has 320 valence electrons. The molecule has 22 nitrogen and oxygen atoms in total. The first-order valence-electron chi connectivity index (χ1n) is 17.4. The van der Waals surface area contributed by atoms with Gasteiger partial charge in [0.2, 0.25) is 0 Å². The molecule has 7 aromatic carbocycles. The number of hydrogen-bond donors (Lipinski definition) is 4. The molecule has 0 aliphatic carbocycles. The van der Waals surface area contributed by atoms with Gasteiger partial charge in [-0.1, -0.05) is 36.4 Å². The van der Waals surface area contributed by atoms with E-state index in [2.05, 4.69) is 30.7 Å². The van der Waals surface area contributed by atoms with Crippen LogP contribution in [0, 0.1) is 10.1 Å². The van der Waals surface area contributed by atoms with Gasteiger partial charge in [0.1, 0.15) is 47.4 Å². The van der Waals surface area contributed by atoms with Crippen molar-refractivity contribution in [2.45, 2.75) is 14.7 Å². The van der Waals surface area contributed by atoms with E-state index in [1.165, 1.54) is 54.6 Å². The molecule has 0 bridgehead atoms. The molecule has 0 aromatic heterocycles. The number of nitrogens with zero attached hydrogens (tertiary/aromatic N) is 7. The molecule has 0 radical (unpaired) electrons. The Morgan fingerprint density at radius 2 is 0.939 bits per heavy atom. The van der Waals surface area contributed by atoms with E-state index < -0.39 is 101 Å². The van der Waals surface area contributed by atoms with Crippen molar-refractivity contribution in [3.8, 4) is 22.6 Å². The van der Waals surface area contributed by atoms with Crippen LogP contribution >= 0.6 is 0 Å². The largest absolute Gasteiger partial charge is 1.00 e. The van der Waals surface area contributed by atoms with Gasteiger partial charge in [-0.15, -0.1) is 15.3 Å². The second-order valence-electron chi connectivity index (χ2n) is 13.2. The van der Waals surface area contributed by atoms with Crippen molar-refractivity contribution in [3.05, 3.63) is 119 Å². The Balaban J connectivity index is 0.00000317. The van der Waals surface area contributed by atoms with E-state index in [1.54, 1.807) is 24.3 Å². The van der Waals surface area contributed by atoms with Crippen molar-refractivity contribution in [2.75, 3.05) is 11.5 Å². The Bertz CT molecular complexity index is 3510. The molecule has 7 aromatic rings. The van der Waals surface area contributed by atoms with Crippen LogP contribution in [0.1, 0.15) is 0 Å². The van der Waals surface area contributed by atoms with Crippen LogP contribution < -0.4 is 100 Å². The molecule has 0 heterocycles. The third-order valence-electron chi connectivity index (χ3n) is 9.10. The average Bonchev–Trinajstić information content (AvgIpc) is 3.22. The van der Waals surface area contributed by atoms with E-state index in [0.717, 1.165) is 18.2 Å². The van der Waals surface area contributed by atoms with Gasteiger partial charge in [0.15, 0.2) is 11.5 Å². The van der Waals surface area contributed by atoms with Gasteiger partial charge in [-0.3, -0.25) is 10.1 Å². The molecule has 0 aliphatic heterocycles. The predicted octanol–water partition coefficient (Wildman–Crippen LogP) is -0.886. The van der Waals surface area contributed by atoms with Crippen LogP contribution in [0.5, 0.6) is 11.5 Å². The number of fused-ring (bicyclic) bond motifs is 2. The van der Waals surface area contributed by atoms with Gasteiger partial charge in [0.05, 0.1) is 47.7 Å². The first-order chi connectivity index (χ1) is 29.6.